The van der Waals surface area contributed by atoms with E-state index in [-0.39, 0.29) is 24.3 Å². The van der Waals surface area contributed by atoms with Crippen LogP contribution in [0.25, 0.3) is 0 Å². The number of piperidine rings is 1. The van der Waals surface area contributed by atoms with Gasteiger partial charge in [-0.2, -0.15) is 0 Å². The van der Waals surface area contributed by atoms with E-state index in [0.717, 1.165) is 5.69 Å². The molecule has 0 bridgehead atoms. The second-order valence-electron chi connectivity index (χ2n) is 5.09. The van der Waals surface area contributed by atoms with Crippen LogP contribution in [-0.4, -0.2) is 41.4 Å². The quantitative estimate of drug-likeness (QED) is 0.462. The highest BCUT2D eigenvalue weighted by Gasteiger charge is 2.26. The Labute approximate surface area is 123 Å². The van der Waals surface area contributed by atoms with Gasteiger partial charge in [0.15, 0.2) is 6.61 Å². The first-order valence-corrected chi connectivity index (χ1v) is 6.94. The minimum atomic E-state index is -0.163. The van der Waals surface area contributed by atoms with Crippen molar-refractivity contribution < 1.29 is 14.3 Å². The topological polar surface area (TPSA) is 97.5 Å². The van der Waals surface area contributed by atoms with E-state index < -0.39 is 0 Å². The molecule has 0 aliphatic carbocycles. The molecule has 0 radical (unpaired) electrons. The number of rotatable bonds is 4. The van der Waals surface area contributed by atoms with Crippen LogP contribution in [-0.2, 0) is 9.59 Å². The summed E-state index contributed by atoms with van der Waals surface area (Å²) in [5, 5.41) is 0. The molecule has 2 rings (SSSR count). The summed E-state index contributed by atoms with van der Waals surface area (Å²) >= 11 is 0. The fourth-order valence-electron chi connectivity index (χ4n) is 2.28. The lowest BCUT2D eigenvalue weighted by Gasteiger charge is -2.30. The van der Waals surface area contributed by atoms with Gasteiger partial charge < -0.3 is 9.64 Å². The molecule has 0 atom stereocenters. The molecule has 1 fully saturated rings. The summed E-state index contributed by atoms with van der Waals surface area (Å²) in [6.45, 7) is 2.97. The Kier molecular flexibility index (Phi) is 5.10. The van der Waals surface area contributed by atoms with Gasteiger partial charge in [0.05, 0.1) is 6.20 Å². The number of hydrogen-bond donors (Lipinski definition) is 2. The Morgan fingerprint density at radius 2 is 2.14 bits per heavy atom. The summed E-state index contributed by atoms with van der Waals surface area (Å²) in [6.07, 6.45) is 2.85. The number of amides is 2. The molecule has 1 aliphatic heterocycles. The average Bonchev–Trinajstić information content (AvgIpc) is 2.53. The summed E-state index contributed by atoms with van der Waals surface area (Å²) in [6, 6.07) is 3.62. The Balaban J connectivity index is 1.77. The summed E-state index contributed by atoms with van der Waals surface area (Å²) in [4.78, 5) is 29.3. The van der Waals surface area contributed by atoms with Crippen LogP contribution in [0.4, 0.5) is 0 Å². The van der Waals surface area contributed by atoms with Gasteiger partial charge in [0, 0.05) is 24.7 Å². The second-order valence-corrected chi connectivity index (χ2v) is 5.09. The first-order valence-electron chi connectivity index (χ1n) is 6.94. The molecule has 114 valence electrons. The van der Waals surface area contributed by atoms with Crippen LogP contribution in [0.5, 0.6) is 5.75 Å². The Hall–Kier alpha value is -2.15. The molecule has 1 saturated heterocycles. The van der Waals surface area contributed by atoms with Gasteiger partial charge in [-0.15, -0.1) is 0 Å². The standard InChI is InChI=1S/C14H20N4O3/c1-10-2-3-12(8-16-10)21-9-13(19)18-6-4-11(5-7-18)14(20)17-15/h2-3,8,11H,4-7,9,15H2,1H3,(H,17,20). The minimum Gasteiger partial charge on any atom is -0.482 e. The number of hydrazine groups is 1. The number of nitrogens with one attached hydrogen (secondary N) is 1. The molecule has 3 N–H and O–H groups in total. The van der Waals surface area contributed by atoms with Crippen LogP contribution in [0.2, 0.25) is 0 Å². The van der Waals surface area contributed by atoms with Crippen molar-refractivity contribution in [3.63, 3.8) is 0 Å². The summed E-state index contributed by atoms with van der Waals surface area (Å²) in [5.74, 6) is 5.34. The van der Waals surface area contributed by atoms with Crippen molar-refractivity contribution in [2.75, 3.05) is 19.7 Å². The number of likely N-dealkylation sites (tertiary alicyclic amines) is 1. The van der Waals surface area contributed by atoms with E-state index >= 15 is 0 Å². The van der Waals surface area contributed by atoms with Crippen molar-refractivity contribution in [3.8, 4) is 5.75 Å². The van der Waals surface area contributed by atoms with Gasteiger partial charge in [-0.05, 0) is 31.9 Å². The van der Waals surface area contributed by atoms with E-state index in [1.165, 1.54) is 0 Å². The van der Waals surface area contributed by atoms with Crippen molar-refractivity contribution in [3.05, 3.63) is 24.0 Å². The molecule has 0 saturated carbocycles. The maximum absolute atomic E-state index is 12.0. The third kappa shape index (κ3) is 4.16. The minimum absolute atomic E-state index is 0.0154. The molecule has 7 nitrogen and oxygen atoms in total. The molecule has 0 aromatic carbocycles. The third-order valence-electron chi connectivity index (χ3n) is 3.61. The van der Waals surface area contributed by atoms with E-state index in [1.807, 2.05) is 13.0 Å². The molecule has 7 heteroatoms. The molecular formula is C14H20N4O3. The van der Waals surface area contributed by atoms with Crippen LogP contribution in [0, 0.1) is 12.8 Å². The van der Waals surface area contributed by atoms with Crippen LogP contribution in [0.3, 0.4) is 0 Å². The van der Waals surface area contributed by atoms with Gasteiger partial charge in [0.2, 0.25) is 5.91 Å². The van der Waals surface area contributed by atoms with Gasteiger partial charge in [-0.25, -0.2) is 5.84 Å². The summed E-state index contributed by atoms with van der Waals surface area (Å²) in [7, 11) is 0. The van der Waals surface area contributed by atoms with Crippen LogP contribution in [0.1, 0.15) is 18.5 Å². The number of nitrogens with zero attached hydrogens (tertiary/aromatic N) is 2. The van der Waals surface area contributed by atoms with Crippen molar-refractivity contribution in [1.82, 2.24) is 15.3 Å². The maximum atomic E-state index is 12.0. The Bertz CT molecular complexity index is 495. The van der Waals surface area contributed by atoms with E-state index in [9.17, 15) is 9.59 Å². The first kappa shape index (κ1) is 15.2. The Morgan fingerprint density at radius 1 is 1.43 bits per heavy atom. The van der Waals surface area contributed by atoms with Gasteiger partial charge in [0.1, 0.15) is 5.75 Å². The van der Waals surface area contributed by atoms with Crippen molar-refractivity contribution >= 4 is 11.8 Å². The predicted molar refractivity (Wildman–Crippen MR) is 76.1 cm³/mol. The molecule has 2 amide bonds. The summed E-state index contributed by atoms with van der Waals surface area (Å²) in [5.41, 5.74) is 3.05. The molecule has 0 spiro atoms. The normalized spacial score (nSPS) is 15.6. The van der Waals surface area contributed by atoms with Gasteiger partial charge in [0.25, 0.3) is 5.91 Å². The monoisotopic (exact) mass is 292 g/mol. The molecular weight excluding hydrogens is 272 g/mol. The highest BCUT2D eigenvalue weighted by molar-refractivity contribution is 5.80. The number of ether oxygens (including phenoxy) is 1. The van der Waals surface area contributed by atoms with E-state index in [0.29, 0.717) is 31.7 Å². The zero-order valence-electron chi connectivity index (χ0n) is 12.0. The Morgan fingerprint density at radius 3 is 2.71 bits per heavy atom. The van der Waals surface area contributed by atoms with E-state index in [2.05, 4.69) is 10.4 Å². The number of hydrogen-bond acceptors (Lipinski definition) is 5. The molecule has 1 aliphatic rings. The van der Waals surface area contributed by atoms with Crippen molar-refractivity contribution in [2.24, 2.45) is 11.8 Å². The lowest BCUT2D eigenvalue weighted by molar-refractivity contribution is -0.137. The molecule has 1 aromatic heterocycles. The van der Waals surface area contributed by atoms with Crippen LogP contribution in [0.15, 0.2) is 18.3 Å². The number of aryl methyl sites for hydroxylation is 1. The number of carbonyl (C=O) groups excluding carboxylic acids is 2. The van der Waals surface area contributed by atoms with Gasteiger partial charge >= 0.3 is 0 Å². The van der Waals surface area contributed by atoms with Crippen LogP contribution >= 0.6 is 0 Å². The largest absolute Gasteiger partial charge is 0.482 e. The zero-order valence-corrected chi connectivity index (χ0v) is 12.0. The van der Waals surface area contributed by atoms with Crippen molar-refractivity contribution in [1.29, 1.82) is 0 Å². The predicted octanol–water partition coefficient (Wildman–Crippen LogP) is -0.00268. The smallest absolute Gasteiger partial charge is 0.260 e. The lowest BCUT2D eigenvalue weighted by atomic mass is 9.96. The third-order valence-corrected chi connectivity index (χ3v) is 3.61. The summed E-state index contributed by atoms with van der Waals surface area (Å²) < 4.78 is 5.42. The fourth-order valence-corrected chi connectivity index (χ4v) is 2.28. The first-order chi connectivity index (χ1) is 10.1. The van der Waals surface area contributed by atoms with Crippen LogP contribution < -0.4 is 16.0 Å². The number of carbonyl (C=O) groups is 2. The number of pyridine rings is 1. The second kappa shape index (κ2) is 7.03. The number of nitrogens with two attached hydrogens (primary N) is 1. The molecule has 2 heterocycles. The van der Waals surface area contributed by atoms with Gasteiger partial charge in [-0.1, -0.05) is 0 Å². The van der Waals surface area contributed by atoms with Gasteiger partial charge in [-0.3, -0.25) is 20.0 Å². The van der Waals surface area contributed by atoms with Crippen molar-refractivity contribution in [2.45, 2.75) is 19.8 Å². The molecule has 1 aromatic rings. The number of aromatic nitrogens is 1. The zero-order chi connectivity index (χ0) is 15.2. The SMILES string of the molecule is Cc1ccc(OCC(=O)N2CCC(C(=O)NN)CC2)cn1. The highest BCUT2D eigenvalue weighted by Crippen LogP contribution is 2.17. The maximum Gasteiger partial charge on any atom is 0.260 e. The average molecular weight is 292 g/mol. The fraction of sp³-hybridized carbons (Fsp3) is 0.500. The highest BCUT2D eigenvalue weighted by atomic mass is 16.5. The lowest BCUT2D eigenvalue weighted by Crippen LogP contribution is -2.45. The van der Waals surface area contributed by atoms with E-state index in [1.54, 1.807) is 17.2 Å². The molecule has 0 unspecified atom stereocenters. The van der Waals surface area contributed by atoms with E-state index in [4.69, 9.17) is 10.6 Å². The molecule has 21 heavy (non-hydrogen) atoms.